The van der Waals surface area contributed by atoms with E-state index in [2.05, 4.69) is 15.5 Å². The zero-order valence-corrected chi connectivity index (χ0v) is 21.0. The molecule has 0 radical (unpaired) electrons. The van der Waals surface area contributed by atoms with Crippen LogP contribution in [-0.4, -0.2) is 64.9 Å². The van der Waals surface area contributed by atoms with Crippen LogP contribution >= 0.6 is 23.1 Å². The number of halogens is 1. The van der Waals surface area contributed by atoms with Gasteiger partial charge in [-0.1, -0.05) is 40.8 Å². The normalized spacial score (nSPS) is 17.3. The molecule has 2 aliphatic rings. The van der Waals surface area contributed by atoms with Gasteiger partial charge in [-0.25, -0.2) is 4.98 Å². The van der Waals surface area contributed by atoms with E-state index < -0.39 is 11.0 Å². The summed E-state index contributed by atoms with van der Waals surface area (Å²) in [5.41, 5.74) is 1.38. The Hall–Kier alpha value is -3.61. The molecule has 9 nitrogen and oxygen atoms in total. The number of nitrogens with zero attached hydrogens (tertiary/aromatic N) is 3. The van der Waals surface area contributed by atoms with Gasteiger partial charge in [0.15, 0.2) is 22.1 Å². The van der Waals surface area contributed by atoms with Crippen molar-refractivity contribution in [3.63, 3.8) is 0 Å². The van der Waals surface area contributed by atoms with Crippen LogP contribution in [0.3, 0.4) is 0 Å². The molecule has 37 heavy (non-hydrogen) atoms. The zero-order valence-electron chi connectivity index (χ0n) is 19.4. The first kappa shape index (κ1) is 25.1. The molecule has 0 unspecified atom stereocenters. The van der Waals surface area contributed by atoms with Crippen molar-refractivity contribution in [1.82, 2.24) is 9.88 Å². The molecule has 5 rings (SSSR count). The highest BCUT2D eigenvalue weighted by atomic mass is 32.2. The Morgan fingerprint density at radius 2 is 1.92 bits per heavy atom. The molecule has 12 heteroatoms. The first-order valence-electron chi connectivity index (χ1n) is 11.4. The maximum absolute atomic E-state index is 13.3. The molecule has 0 bridgehead atoms. The second kappa shape index (κ2) is 11.2. The molecule has 3 amide bonds. The minimum absolute atomic E-state index is 0.0186. The van der Waals surface area contributed by atoms with Crippen molar-refractivity contribution >= 4 is 51.7 Å². The lowest BCUT2D eigenvalue weighted by atomic mass is 10.1. The van der Waals surface area contributed by atoms with Gasteiger partial charge in [-0.05, 0) is 24.3 Å². The number of amides is 3. The molecule has 1 saturated heterocycles. The number of thiazole rings is 1. The van der Waals surface area contributed by atoms with Crippen molar-refractivity contribution in [2.24, 2.45) is 5.16 Å². The van der Waals surface area contributed by atoms with Crippen molar-refractivity contribution in [3.05, 3.63) is 76.5 Å². The van der Waals surface area contributed by atoms with E-state index >= 15 is 0 Å². The summed E-state index contributed by atoms with van der Waals surface area (Å²) in [5.74, 6) is -0.640. The summed E-state index contributed by atoms with van der Waals surface area (Å²) in [6.07, 6.45) is 1.44. The molecule has 3 aromatic rings. The Labute approximate surface area is 219 Å². The number of rotatable bonds is 9. The largest absolute Gasteiger partial charge is 0.389 e. The molecule has 190 valence electrons. The van der Waals surface area contributed by atoms with E-state index in [1.165, 1.54) is 16.7 Å². The van der Waals surface area contributed by atoms with E-state index in [-0.39, 0.29) is 35.3 Å². The monoisotopic (exact) mass is 540 g/mol. The quantitative estimate of drug-likeness (QED) is 0.190. The second-order valence-corrected chi connectivity index (χ2v) is 10.3. The zero-order chi connectivity index (χ0) is 25.8. The molecule has 1 N–H and O–H groups in total. The number of thioether (sulfide) groups is 1. The predicted octanol–water partition coefficient (Wildman–Crippen LogP) is 3.82. The third-order valence-electron chi connectivity index (χ3n) is 5.68. The number of hydrogen-bond acceptors (Lipinski definition) is 9. The smallest absolute Gasteiger partial charge is 0.280 e. The Morgan fingerprint density at radius 1 is 1.19 bits per heavy atom. The SMILES string of the molecule is O=C(Nc1ncc(F)s1)/C(=N/O[C@@H]1CCOC1)c1ccc(SCCN2C(=O)c3ccccc3C2=O)cc1. The van der Waals surface area contributed by atoms with Gasteiger partial charge in [0.25, 0.3) is 17.7 Å². The molecular formula is C25H21FN4O5S2. The Balaban J connectivity index is 1.23. The fourth-order valence-corrected chi connectivity index (χ4v) is 5.20. The fourth-order valence-electron chi connectivity index (χ4n) is 3.82. The lowest BCUT2D eigenvalue weighted by molar-refractivity contribution is -0.110. The highest BCUT2D eigenvalue weighted by Crippen LogP contribution is 2.25. The van der Waals surface area contributed by atoms with E-state index in [0.717, 1.165) is 11.1 Å². The van der Waals surface area contributed by atoms with Gasteiger partial charge in [0.05, 0.1) is 30.5 Å². The number of carbonyl (C=O) groups is 3. The van der Waals surface area contributed by atoms with Gasteiger partial charge in [-0.2, -0.15) is 4.39 Å². The summed E-state index contributed by atoms with van der Waals surface area (Å²) < 4.78 is 18.6. The molecular weight excluding hydrogens is 519 g/mol. The van der Waals surface area contributed by atoms with Crippen molar-refractivity contribution in [3.8, 4) is 0 Å². The first-order chi connectivity index (χ1) is 18.0. The maximum Gasteiger partial charge on any atom is 0.280 e. The molecule has 0 aliphatic carbocycles. The number of nitrogens with one attached hydrogen (secondary N) is 1. The van der Waals surface area contributed by atoms with E-state index in [1.54, 1.807) is 36.4 Å². The van der Waals surface area contributed by atoms with Gasteiger partial charge < -0.3 is 9.57 Å². The van der Waals surface area contributed by atoms with Crippen LogP contribution in [0.1, 0.15) is 32.7 Å². The number of ether oxygens (including phenoxy) is 1. The number of hydrogen-bond donors (Lipinski definition) is 1. The molecule has 1 fully saturated rings. The summed E-state index contributed by atoms with van der Waals surface area (Å²) in [5, 5.41) is 6.22. The van der Waals surface area contributed by atoms with Crippen molar-refractivity contribution in [1.29, 1.82) is 0 Å². The minimum atomic E-state index is -0.584. The van der Waals surface area contributed by atoms with Crippen LogP contribution in [0.2, 0.25) is 0 Å². The highest BCUT2D eigenvalue weighted by molar-refractivity contribution is 7.99. The second-order valence-electron chi connectivity index (χ2n) is 8.13. The lowest BCUT2D eigenvalue weighted by Crippen LogP contribution is -2.31. The van der Waals surface area contributed by atoms with E-state index in [9.17, 15) is 18.8 Å². The number of oxime groups is 1. The number of aromatic nitrogens is 1. The minimum Gasteiger partial charge on any atom is -0.389 e. The third-order valence-corrected chi connectivity index (χ3v) is 7.38. The van der Waals surface area contributed by atoms with Crippen molar-refractivity contribution in [2.45, 2.75) is 17.4 Å². The topological polar surface area (TPSA) is 110 Å². The summed E-state index contributed by atoms with van der Waals surface area (Å²) >= 11 is 2.18. The Bertz CT molecular complexity index is 1320. The molecule has 0 saturated carbocycles. The van der Waals surface area contributed by atoms with Gasteiger partial charge in [-0.15, -0.1) is 11.8 Å². The lowest BCUT2D eigenvalue weighted by Gasteiger charge is -2.13. The number of fused-ring (bicyclic) bond motifs is 1. The predicted molar refractivity (Wildman–Crippen MR) is 137 cm³/mol. The van der Waals surface area contributed by atoms with Crippen LogP contribution in [-0.2, 0) is 14.4 Å². The molecule has 3 heterocycles. The van der Waals surface area contributed by atoms with Gasteiger partial charge in [0, 0.05) is 29.2 Å². The van der Waals surface area contributed by atoms with Crippen molar-refractivity contribution < 1.29 is 28.3 Å². The van der Waals surface area contributed by atoms with Gasteiger partial charge in [-0.3, -0.25) is 24.6 Å². The third kappa shape index (κ3) is 5.71. The first-order valence-corrected chi connectivity index (χ1v) is 13.2. The van der Waals surface area contributed by atoms with Crippen LogP contribution in [0.25, 0.3) is 0 Å². The van der Waals surface area contributed by atoms with Crippen LogP contribution in [0.4, 0.5) is 9.52 Å². The standard InChI is InChI=1S/C25H21FN4O5S2/c26-20-13-27-25(37-20)28-22(31)21(29-35-16-9-11-34-14-16)15-5-7-17(8-6-15)36-12-10-30-23(32)18-3-1-2-4-19(18)24(30)33/h1-8,13,16H,9-12,14H2,(H,27,28,31)/b29-21+/t16-/m1/s1. The van der Waals surface area contributed by atoms with E-state index in [0.29, 0.717) is 53.4 Å². The summed E-state index contributed by atoms with van der Waals surface area (Å²) in [7, 11) is 0. The Kier molecular flexibility index (Phi) is 7.58. The van der Waals surface area contributed by atoms with Gasteiger partial charge in [0.2, 0.25) is 0 Å². The number of anilines is 1. The summed E-state index contributed by atoms with van der Waals surface area (Å²) in [4.78, 5) is 49.4. The summed E-state index contributed by atoms with van der Waals surface area (Å²) in [6.45, 7) is 1.22. The molecule has 1 aromatic heterocycles. The van der Waals surface area contributed by atoms with Crippen LogP contribution in [0.15, 0.2) is 64.8 Å². The molecule has 2 aliphatic heterocycles. The Morgan fingerprint density at radius 3 is 2.54 bits per heavy atom. The molecule has 0 spiro atoms. The van der Waals surface area contributed by atoms with Crippen LogP contribution in [0, 0.1) is 5.13 Å². The average Bonchev–Trinajstić information content (AvgIpc) is 3.63. The summed E-state index contributed by atoms with van der Waals surface area (Å²) in [6, 6.07) is 13.9. The number of benzene rings is 2. The highest BCUT2D eigenvalue weighted by Gasteiger charge is 2.34. The number of carbonyl (C=O) groups excluding carboxylic acids is 3. The maximum atomic E-state index is 13.3. The number of imide groups is 1. The fraction of sp³-hybridized carbons (Fsp3) is 0.240. The van der Waals surface area contributed by atoms with E-state index in [4.69, 9.17) is 9.57 Å². The van der Waals surface area contributed by atoms with Crippen LogP contribution in [0.5, 0.6) is 0 Å². The van der Waals surface area contributed by atoms with E-state index in [1.807, 2.05) is 12.1 Å². The molecule has 1 atom stereocenters. The van der Waals surface area contributed by atoms with Crippen molar-refractivity contribution in [2.75, 3.05) is 30.8 Å². The average molecular weight is 541 g/mol. The van der Waals surface area contributed by atoms with Crippen LogP contribution < -0.4 is 5.32 Å². The van der Waals surface area contributed by atoms with Gasteiger partial charge in [0.1, 0.15) is 0 Å². The molecule has 2 aromatic carbocycles. The van der Waals surface area contributed by atoms with Gasteiger partial charge >= 0.3 is 0 Å².